The maximum absolute atomic E-state index is 13.2. The quantitative estimate of drug-likeness (QED) is 0.781. The minimum absolute atomic E-state index is 0.0924. The molecule has 4 atom stereocenters. The molecule has 1 saturated heterocycles. The van der Waals surface area contributed by atoms with Crippen molar-refractivity contribution < 1.29 is 19.1 Å². The molecular formula is C21H27N3O4. The molecule has 0 aromatic heterocycles. The molecule has 150 valence electrons. The van der Waals surface area contributed by atoms with Gasteiger partial charge in [-0.2, -0.15) is 0 Å². The van der Waals surface area contributed by atoms with Crippen molar-refractivity contribution in [1.29, 1.82) is 0 Å². The number of para-hydroxylation sites is 1. The molecule has 7 nitrogen and oxygen atoms in total. The Bertz CT molecular complexity index is 811. The highest BCUT2D eigenvalue weighted by Crippen LogP contribution is 2.40. The molecule has 0 unspecified atom stereocenters. The fraction of sp³-hybridized carbons (Fsp3) is 0.571. The van der Waals surface area contributed by atoms with Gasteiger partial charge in [0.15, 0.2) is 5.54 Å². The van der Waals surface area contributed by atoms with Crippen LogP contribution in [0.1, 0.15) is 45.1 Å². The van der Waals surface area contributed by atoms with Gasteiger partial charge in [0.2, 0.25) is 5.91 Å². The molecule has 2 aliphatic heterocycles. The van der Waals surface area contributed by atoms with Crippen LogP contribution < -0.4 is 15.4 Å². The zero-order valence-corrected chi connectivity index (χ0v) is 16.4. The van der Waals surface area contributed by atoms with Crippen molar-refractivity contribution in [2.75, 3.05) is 13.2 Å². The summed E-state index contributed by atoms with van der Waals surface area (Å²) in [6.45, 7) is 4.43. The van der Waals surface area contributed by atoms with Crippen LogP contribution in [0.3, 0.4) is 0 Å². The second kappa shape index (κ2) is 7.11. The summed E-state index contributed by atoms with van der Waals surface area (Å²) in [4.78, 5) is 39.4. The van der Waals surface area contributed by atoms with Crippen LogP contribution in [0, 0.1) is 11.8 Å². The first-order valence-corrected chi connectivity index (χ1v) is 10.1. The number of hydrogen-bond acceptors (Lipinski definition) is 4. The summed E-state index contributed by atoms with van der Waals surface area (Å²) in [6, 6.07) is 6.79. The maximum atomic E-state index is 13.2. The van der Waals surface area contributed by atoms with E-state index < -0.39 is 11.6 Å². The highest BCUT2D eigenvalue weighted by molar-refractivity contribution is 6.09. The van der Waals surface area contributed by atoms with E-state index in [9.17, 15) is 14.4 Å². The molecule has 2 heterocycles. The molecule has 7 heteroatoms. The number of nitrogens with zero attached hydrogens (tertiary/aromatic N) is 1. The lowest BCUT2D eigenvalue weighted by Gasteiger charge is -2.35. The van der Waals surface area contributed by atoms with E-state index in [1.807, 2.05) is 12.1 Å². The van der Waals surface area contributed by atoms with Gasteiger partial charge in [0.25, 0.3) is 5.91 Å². The maximum Gasteiger partial charge on any atom is 0.325 e. The zero-order chi connectivity index (χ0) is 19.9. The second-order valence-corrected chi connectivity index (χ2v) is 8.26. The van der Waals surface area contributed by atoms with Gasteiger partial charge < -0.3 is 15.4 Å². The van der Waals surface area contributed by atoms with Crippen molar-refractivity contribution in [3.63, 3.8) is 0 Å². The largest absolute Gasteiger partial charge is 0.493 e. The van der Waals surface area contributed by atoms with Gasteiger partial charge in [-0.3, -0.25) is 14.5 Å². The van der Waals surface area contributed by atoms with Crippen molar-refractivity contribution in [2.45, 2.75) is 51.1 Å². The van der Waals surface area contributed by atoms with E-state index in [1.165, 1.54) is 6.42 Å². The second-order valence-electron chi connectivity index (χ2n) is 8.26. The van der Waals surface area contributed by atoms with E-state index in [-0.39, 0.29) is 24.4 Å². The molecule has 4 amide bonds. The molecule has 1 aromatic rings. The first kappa shape index (κ1) is 18.8. The average molecular weight is 385 g/mol. The number of nitrogens with one attached hydrogen (secondary N) is 2. The number of amides is 4. The van der Waals surface area contributed by atoms with Gasteiger partial charge in [-0.25, -0.2) is 4.79 Å². The standard InChI is InChI=1S/C21H27N3O4/c1-13-6-5-8-16(14(13)2)22-18(25)12-24-19(26)21(23-20(24)27)10-11-28-17-9-4-3-7-15(17)21/h3-4,7,9,13-14,16H,5-6,8,10-12H2,1-2H3,(H,22,25)(H,23,27)/t13-,14+,16-,21+/m0/s1. The number of carbonyl (C=O) groups excluding carboxylic acids is 3. The molecule has 1 saturated carbocycles. The Morgan fingerprint density at radius 2 is 2.07 bits per heavy atom. The minimum atomic E-state index is -1.14. The Balaban J connectivity index is 1.49. The van der Waals surface area contributed by atoms with Crippen LogP contribution in [0.15, 0.2) is 24.3 Å². The highest BCUT2D eigenvalue weighted by Gasteiger charge is 2.55. The summed E-state index contributed by atoms with van der Waals surface area (Å²) in [5.74, 6) is 0.867. The monoisotopic (exact) mass is 385 g/mol. The number of imide groups is 1. The Morgan fingerprint density at radius 1 is 1.29 bits per heavy atom. The molecule has 0 bridgehead atoms. The number of hydrogen-bond donors (Lipinski definition) is 2. The molecule has 28 heavy (non-hydrogen) atoms. The molecule has 3 aliphatic rings. The summed E-state index contributed by atoms with van der Waals surface area (Å²) < 4.78 is 5.63. The lowest BCUT2D eigenvalue weighted by molar-refractivity contribution is -0.136. The SMILES string of the molecule is C[C@H]1[C@@H](NC(=O)CN2C(=O)N[C@@]3(CCOc4ccccc43)C2=O)CCC[C@@H]1C. The predicted molar refractivity (Wildman–Crippen MR) is 103 cm³/mol. The third kappa shape index (κ3) is 3.02. The van der Waals surface area contributed by atoms with E-state index in [1.54, 1.807) is 12.1 Å². The highest BCUT2D eigenvalue weighted by atomic mass is 16.5. The van der Waals surface area contributed by atoms with Crippen LogP contribution in [-0.4, -0.2) is 41.9 Å². The van der Waals surface area contributed by atoms with Crippen LogP contribution in [0.4, 0.5) is 4.79 Å². The van der Waals surface area contributed by atoms with E-state index in [0.29, 0.717) is 36.2 Å². The van der Waals surface area contributed by atoms with Gasteiger partial charge in [-0.1, -0.05) is 44.9 Å². The number of carbonyl (C=O) groups is 3. The minimum Gasteiger partial charge on any atom is -0.493 e. The van der Waals surface area contributed by atoms with Gasteiger partial charge in [-0.15, -0.1) is 0 Å². The Morgan fingerprint density at radius 3 is 2.89 bits per heavy atom. The lowest BCUT2D eigenvalue weighted by Crippen LogP contribution is -2.50. The summed E-state index contributed by atoms with van der Waals surface area (Å²) in [5.41, 5.74) is -0.490. The number of urea groups is 1. The van der Waals surface area contributed by atoms with Crippen LogP contribution in [0.5, 0.6) is 5.75 Å². The van der Waals surface area contributed by atoms with Gasteiger partial charge in [0, 0.05) is 18.0 Å². The number of fused-ring (bicyclic) bond motifs is 2. The van der Waals surface area contributed by atoms with Crippen molar-refractivity contribution in [3.05, 3.63) is 29.8 Å². The van der Waals surface area contributed by atoms with E-state index >= 15 is 0 Å². The Hall–Kier alpha value is -2.57. The van der Waals surface area contributed by atoms with Crippen LogP contribution >= 0.6 is 0 Å². The van der Waals surface area contributed by atoms with Crippen LogP contribution in [-0.2, 0) is 15.1 Å². The van der Waals surface area contributed by atoms with E-state index in [2.05, 4.69) is 24.5 Å². The van der Waals surface area contributed by atoms with Crippen molar-refractivity contribution >= 4 is 17.8 Å². The molecule has 1 aromatic carbocycles. The van der Waals surface area contributed by atoms with Crippen molar-refractivity contribution in [3.8, 4) is 5.75 Å². The fourth-order valence-electron chi connectivity index (χ4n) is 4.70. The van der Waals surface area contributed by atoms with Gasteiger partial charge in [-0.05, 0) is 24.3 Å². The van der Waals surface area contributed by atoms with Gasteiger partial charge in [0.1, 0.15) is 12.3 Å². The molecule has 1 aliphatic carbocycles. The van der Waals surface area contributed by atoms with Crippen molar-refractivity contribution in [1.82, 2.24) is 15.5 Å². The van der Waals surface area contributed by atoms with E-state index in [0.717, 1.165) is 17.7 Å². The topological polar surface area (TPSA) is 87.7 Å². The molecule has 0 radical (unpaired) electrons. The molecule has 4 rings (SSSR count). The summed E-state index contributed by atoms with van der Waals surface area (Å²) in [5, 5.41) is 5.87. The number of benzene rings is 1. The fourth-order valence-corrected chi connectivity index (χ4v) is 4.70. The predicted octanol–water partition coefficient (Wildman–Crippen LogP) is 2.16. The van der Waals surface area contributed by atoms with Crippen LogP contribution in [0.25, 0.3) is 0 Å². The summed E-state index contributed by atoms with van der Waals surface area (Å²) in [6.07, 6.45) is 3.54. The summed E-state index contributed by atoms with van der Waals surface area (Å²) >= 11 is 0. The zero-order valence-electron chi connectivity index (χ0n) is 16.4. The van der Waals surface area contributed by atoms with E-state index in [4.69, 9.17) is 4.74 Å². The summed E-state index contributed by atoms with van der Waals surface area (Å²) in [7, 11) is 0. The first-order valence-electron chi connectivity index (χ1n) is 10.1. The molecular weight excluding hydrogens is 358 g/mol. The smallest absolute Gasteiger partial charge is 0.325 e. The third-order valence-electron chi connectivity index (χ3n) is 6.61. The Kier molecular flexibility index (Phi) is 4.77. The normalized spacial score (nSPS) is 31.9. The van der Waals surface area contributed by atoms with Crippen LogP contribution in [0.2, 0.25) is 0 Å². The average Bonchev–Trinajstić information content (AvgIpc) is 2.91. The molecule has 2 fully saturated rings. The lowest BCUT2D eigenvalue weighted by atomic mass is 9.78. The molecule has 2 N–H and O–H groups in total. The Labute approximate surface area is 164 Å². The van der Waals surface area contributed by atoms with Crippen molar-refractivity contribution in [2.24, 2.45) is 11.8 Å². The first-order chi connectivity index (χ1) is 13.4. The van der Waals surface area contributed by atoms with Gasteiger partial charge in [0.05, 0.1) is 6.61 Å². The van der Waals surface area contributed by atoms with Gasteiger partial charge >= 0.3 is 6.03 Å². The number of ether oxygens (including phenoxy) is 1. The molecule has 1 spiro atoms. The number of rotatable bonds is 3. The third-order valence-corrected chi connectivity index (χ3v) is 6.61.